The summed E-state index contributed by atoms with van der Waals surface area (Å²) in [5, 5.41) is 10.7. The van der Waals surface area contributed by atoms with Gasteiger partial charge in [-0.2, -0.15) is 5.10 Å². The number of hydrogen-bond donors (Lipinski definition) is 1. The third kappa shape index (κ3) is 3.13. The van der Waals surface area contributed by atoms with Crippen molar-refractivity contribution < 1.29 is 9.32 Å². The molecular formula is C14H19N5O2. The summed E-state index contributed by atoms with van der Waals surface area (Å²) in [4.78, 5) is 14.3. The van der Waals surface area contributed by atoms with Crippen LogP contribution in [0.25, 0.3) is 0 Å². The molecule has 0 spiro atoms. The molecule has 3 rings (SSSR count). The number of rotatable bonds is 4. The summed E-state index contributed by atoms with van der Waals surface area (Å²) >= 11 is 0. The first-order chi connectivity index (χ1) is 10.1. The van der Waals surface area contributed by atoms with E-state index in [2.05, 4.69) is 20.5 Å². The van der Waals surface area contributed by atoms with Gasteiger partial charge in [0.15, 0.2) is 5.82 Å². The minimum atomic E-state index is -0.0703. The topological polar surface area (TPSA) is 76.2 Å². The number of aryl methyl sites for hydroxylation is 2. The van der Waals surface area contributed by atoms with Crippen molar-refractivity contribution in [1.82, 2.24) is 19.8 Å². The van der Waals surface area contributed by atoms with Crippen molar-refractivity contribution in [3.8, 4) is 0 Å². The highest BCUT2D eigenvalue weighted by molar-refractivity contribution is 5.91. The SMILES string of the molecule is Cc1cc(NC(=O)CN2CCC[C@@H]2c2cnn(C)c2)no1. The second-order valence-electron chi connectivity index (χ2n) is 5.45. The van der Waals surface area contributed by atoms with Crippen LogP contribution >= 0.6 is 0 Å². The Morgan fingerprint density at radius 1 is 1.57 bits per heavy atom. The Bertz CT molecular complexity index is 633. The molecular weight excluding hydrogens is 270 g/mol. The zero-order valence-electron chi connectivity index (χ0n) is 12.2. The highest BCUT2D eigenvalue weighted by atomic mass is 16.5. The molecule has 1 aliphatic rings. The Kier molecular flexibility index (Phi) is 3.74. The lowest BCUT2D eigenvalue weighted by atomic mass is 10.1. The van der Waals surface area contributed by atoms with E-state index in [4.69, 9.17) is 4.52 Å². The largest absolute Gasteiger partial charge is 0.360 e. The zero-order chi connectivity index (χ0) is 14.8. The molecule has 112 valence electrons. The molecule has 21 heavy (non-hydrogen) atoms. The summed E-state index contributed by atoms with van der Waals surface area (Å²) in [6, 6.07) is 1.98. The predicted octanol–water partition coefficient (Wildman–Crippen LogP) is 1.49. The Hall–Kier alpha value is -2.15. The van der Waals surface area contributed by atoms with Crippen LogP contribution in [0.2, 0.25) is 0 Å². The summed E-state index contributed by atoms with van der Waals surface area (Å²) in [5.74, 6) is 1.08. The van der Waals surface area contributed by atoms with Gasteiger partial charge < -0.3 is 9.84 Å². The Morgan fingerprint density at radius 3 is 3.10 bits per heavy atom. The van der Waals surface area contributed by atoms with Gasteiger partial charge in [-0.15, -0.1) is 0 Å². The van der Waals surface area contributed by atoms with E-state index in [9.17, 15) is 4.79 Å². The number of carbonyl (C=O) groups is 1. The van der Waals surface area contributed by atoms with E-state index >= 15 is 0 Å². The first-order valence-electron chi connectivity index (χ1n) is 7.07. The molecule has 0 radical (unpaired) electrons. The van der Waals surface area contributed by atoms with Crippen LogP contribution in [0.3, 0.4) is 0 Å². The molecule has 1 aliphatic heterocycles. The molecule has 7 heteroatoms. The molecule has 1 fully saturated rings. The number of amides is 1. The van der Waals surface area contributed by atoms with Crippen LogP contribution in [0, 0.1) is 6.92 Å². The first kappa shape index (κ1) is 13.8. The molecule has 2 aromatic heterocycles. The van der Waals surface area contributed by atoms with Crippen LogP contribution in [0.4, 0.5) is 5.82 Å². The van der Waals surface area contributed by atoms with Crippen LogP contribution in [0.5, 0.6) is 0 Å². The summed E-state index contributed by atoms with van der Waals surface area (Å²) in [7, 11) is 1.91. The molecule has 1 saturated heterocycles. The summed E-state index contributed by atoms with van der Waals surface area (Å²) < 4.78 is 6.73. The van der Waals surface area contributed by atoms with Crippen molar-refractivity contribution in [2.45, 2.75) is 25.8 Å². The Balaban J connectivity index is 1.62. The van der Waals surface area contributed by atoms with Gasteiger partial charge in [-0.3, -0.25) is 14.4 Å². The standard InChI is InChI=1S/C14H19N5O2/c1-10-6-13(17-21-10)16-14(20)9-19-5-3-4-12(19)11-7-15-18(2)8-11/h6-8,12H,3-5,9H2,1-2H3,(H,16,17,20)/t12-/m1/s1. The highest BCUT2D eigenvalue weighted by Crippen LogP contribution is 2.31. The van der Waals surface area contributed by atoms with Crippen molar-refractivity contribution in [1.29, 1.82) is 0 Å². The number of anilines is 1. The summed E-state index contributed by atoms with van der Waals surface area (Å²) in [5.41, 5.74) is 1.17. The fourth-order valence-corrected chi connectivity index (χ4v) is 2.80. The predicted molar refractivity (Wildman–Crippen MR) is 76.6 cm³/mol. The lowest BCUT2D eigenvalue weighted by molar-refractivity contribution is -0.117. The maximum Gasteiger partial charge on any atom is 0.239 e. The Morgan fingerprint density at radius 2 is 2.43 bits per heavy atom. The molecule has 0 aromatic carbocycles. The van der Waals surface area contributed by atoms with Crippen LogP contribution < -0.4 is 5.32 Å². The van der Waals surface area contributed by atoms with Gasteiger partial charge in [0, 0.05) is 30.9 Å². The van der Waals surface area contributed by atoms with Crippen LogP contribution in [-0.4, -0.2) is 38.8 Å². The lowest BCUT2D eigenvalue weighted by Crippen LogP contribution is -2.32. The van der Waals surface area contributed by atoms with Gasteiger partial charge in [0.1, 0.15) is 5.76 Å². The van der Waals surface area contributed by atoms with E-state index in [0.717, 1.165) is 19.4 Å². The van der Waals surface area contributed by atoms with Crippen molar-refractivity contribution in [2.75, 3.05) is 18.4 Å². The molecule has 2 aromatic rings. The number of likely N-dealkylation sites (tertiary alicyclic amines) is 1. The summed E-state index contributed by atoms with van der Waals surface area (Å²) in [6.45, 7) is 3.07. The van der Waals surface area contributed by atoms with E-state index < -0.39 is 0 Å². The minimum absolute atomic E-state index is 0.0703. The van der Waals surface area contributed by atoms with E-state index in [1.54, 1.807) is 17.7 Å². The number of nitrogens with zero attached hydrogens (tertiary/aromatic N) is 4. The molecule has 0 bridgehead atoms. The average molecular weight is 289 g/mol. The van der Waals surface area contributed by atoms with E-state index in [1.807, 2.05) is 19.4 Å². The average Bonchev–Trinajstić information content (AvgIpc) is 3.12. The smallest absolute Gasteiger partial charge is 0.239 e. The van der Waals surface area contributed by atoms with Crippen LogP contribution in [0.15, 0.2) is 23.0 Å². The van der Waals surface area contributed by atoms with Crippen molar-refractivity contribution in [2.24, 2.45) is 7.05 Å². The molecule has 3 heterocycles. The van der Waals surface area contributed by atoms with Crippen molar-refractivity contribution in [3.05, 3.63) is 29.8 Å². The molecule has 1 amide bonds. The number of carbonyl (C=O) groups excluding carboxylic acids is 1. The second kappa shape index (κ2) is 5.69. The second-order valence-corrected chi connectivity index (χ2v) is 5.45. The number of nitrogens with one attached hydrogen (secondary N) is 1. The number of hydrogen-bond acceptors (Lipinski definition) is 5. The molecule has 7 nitrogen and oxygen atoms in total. The van der Waals surface area contributed by atoms with Gasteiger partial charge in [-0.1, -0.05) is 5.16 Å². The lowest BCUT2D eigenvalue weighted by Gasteiger charge is -2.22. The maximum absolute atomic E-state index is 12.1. The fraction of sp³-hybridized carbons (Fsp3) is 0.500. The first-order valence-corrected chi connectivity index (χ1v) is 7.07. The van der Waals surface area contributed by atoms with Gasteiger partial charge in [-0.05, 0) is 26.3 Å². The van der Waals surface area contributed by atoms with Gasteiger partial charge >= 0.3 is 0 Å². The molecule has 0 aliphatic carbocycles. The van der Waals surface area contributed by atoms with E-state index in [-0.39, 0.29) is 11.9 Å². The third-order valence-electron chi connectivity index (χ3n) is 3.72. The third-order valence-corrected chi connectivity index (χ3v) is 3.72. The highest BCUT2D eigenvalue weighted by Gasteiger charge is 2.28. The van der Waals surface area contributed by atoms with Crippen LogP contribution in [-0.2, 0) is 11.8 Å². The zero-order valence-corrected chi connectivity index (χ0v) is 12.2. The van der Waals surface area contributed by atoms with Crippen molar-refractivity contribution >= 4 is 11.7 Å². The van der Waals surface area contributed by atoms with Gasteiger partial charge in [-0.25, -0.2) is 0 Å². The van der Waals surface area contributed by atoms with Crippen molar-refractivity contribution in [3.63, 3.8) is 0 Å². The normalized spacial score (nSPS) is 19.0. The van der Waals surface area contributed by atoms with Crippen LogP contribution in [0.1, 0.15) is 30.2 Å². The summed E-state index contributed by atoms with van der Waals surface area (Å²) in [6.07, 6.45) is 6.04. The van der Waals surface area contributed by atoms with E-state index in [0.29, 0.717) is 18.1 Å². The van der Waals surface area contributed by atoms with Gasteiger partial charge in [0.2, 0.25) is 5.91 Å². The fourth-order valence-electron chi connectivity index (χ4n) is 2.80. The molecule has 0 saturated carbocycles. The van der Waals surface area contributed by atoms with E-state index in [1.165, 1.54) is 5.56 Å². The number of aromatic nitrogens is 3. The quantitative estimate of drug-likeness (QED) is 0.923. The molecule has 0 unspecified atom stereocenters. The maximum atomic E-state index is 12.1. The van der Waals surface area contributed by atoms with Gasteiger partial charge in [0.25, 0.3) is 0 Å². The minimum Gasteiger partial charge on any atom is -0.360 e. The van der Waals surface area contributed by atoms with Gasteiger partial charge in [0.05, 0.1) is 12.7 Å². The Labute approximate surface area is 122 Å². The monoisotopic (exact) mass is 289 g/mol. The molecule has 1 atom stereocenters. The molecule has 1 N–H and O–H groups in total.